The average Bonchev–Trinajstić information content (AvgIpc) is 3.26. The van der Waals surface area contributed by atoms with Gasteiger partial charge in [0.15, 0.2) is 23.3 Å². The number of nitrogens with zero attached hydrogens (tertiary/aromatic N) is 4. The van der Waals surface area contributed by atoms with E-state index in [0.717, 1.165) is 61.3 Å². The van der Waals surface area contributed by atoms with Crippen LogP contribution in [0.4, 0.5) is 0 Å². The van der Waals surface area contributed by atoms with E-state index in [2.05, 4.69) is 34.6 Å². The van der Waals surface area contributed by atoms with Crippen LogP contribution in [0.3, 0.4) is 0 Å². The second-order valence-electron chi connectivity index (χ2n) is 7.95. The lowest BCUT2D eigenvalue weighted by Crippen LogP contribution is -2.47. The van der Waals surface area contributed by atoms with Gasteiger partial charge in [0.2, 0.25) is 0 Å². The predicted molar refractivity (Wildman–Crippen MR) is 144 cm³/mol. The Morgan fingerprint density at radius 1 is 1.12 bits per heavy atom. The summed E-state index contributed by atoms with van der Waals surface area (Å²) in [6, 6.07) is 15.9. The minimum Gasteiger partial charge on any atom is -0.493 e. The molecule has 0 amide bonds. The van der Waals surface area contributed by atoms with Gasteiger partial charge in [0, 0.05) is 25.4 Å². The highest BCUT2D eigenvalue weighted by atomic mass is 127. The Hall–Kier alpha value is -2.82. The lowest BCUT2D eigenvalue weighted by Gasteiger charge is -2.25. The van der Waals surface area contributed by atoms with Crippen LogP contribution >= 0.6 is 24.0 Å². The van der Waals surface area contributed by atoms with E-state index in [-0.39, 0.29) is 30.0 Å². The number of hydrogen-bond donors (Lipinski definition) is 2. The number of benzene rings is 2. The highest BCUT2D eigenvalue weighted by Crippen LogP contribution is 2.30. The molecular formula is C25H33IN6O2. The largest absolute Gasteiger partial charge is 0.493 e. The van der Waals surface area contributed by atoms with Crippen LogP contribution in [0.1, 0.15) is 37.5 Å². The molecule has 34 heavy (non-hydrogen) atoms. The number of guanidine groups is 1. The molecule has 4 rings (SSSR count). The first-order chi connectivity index (χ1) is 16.2. The number of halogens is 1. The van der Waals surface area contributed by atoms with Gasteiger partial charge in [0.25, 0.3) is 0 Å². The predicted octanol–water partition coefficient (Wildman–Crippen LogP) is 4.33. The molecule has 0 fully saturated rings. The number of rotatable bonds is 8. The van der Waals surface area contributed by atoms with Gasteiger partial charge >= 0.3 is 0 Å². The molecule has 182 valence electrons. The van der Waals surface area contributed by atoms with Gasteiger partial charge < -0.3 is 20.1 Å². The Morgan fingerprint density at radius 3 is 2.59 bits per heavy atom. The number of aromatic nitrogens is 3. The van der Waals surface area contributed by atoms with Crippen molar-refractivity contribution in [3.05, 3.63) is 65.7 Å². The smallest absolute Gasteiger partial charge is 0.191 e. The van der Waals surface area contributed by atoms with Crippen molar-refractivity contribution in [1.82, 2.24) is 25.4 Å². The maximum absolute atomic E-state index is 5.96. The van der Waals surface area contributed by atoms with Crippen molar-refractivity contribution in [3.8, 4) is 17.2 Å². The molecule has 1 aromatic heterocycles. The molecule has 2 N–H and O–H groups in total. The molecule has 0 saturated heterocycles. The Labute approximate surface area is 218 Å². The lowest BCUT2D eigenvalue weighted by molar-refractivity contribution is 0.379. The molecule has 8 nitrogen and oxygen atoms in total. The first-order valence-electron chi connectivity index (χ1n) is 11.6. The highest BCUT2D eigenvalue weighted by molar-refractivity contribution is 14.0. The van der Waals surface area contributed by atoms with Crippen LogP contribution in [0.15, 0.2) is 53.5 Å². The molecule has 1 aliphatic rings. The molecule has 2 aromatic carbocycles. The van der Waals surface area contributed by atoms with E-state index in [1.54, 1.807) is 7.11 Å². The van der Waals surface area contributed by atoms with Gasteiger partial charge in [-0.05, 0) is 43.2 Å². The fourth-order valence-electron chi connectivity index (χ4n) is 3.80. The Kier molecular flexibility index (Phi) is 9.55. The van der Waals surface area contributed by atoms with Crippen LogP contribution in [0.2, 0.25) is 0 Å². The number of methoxy groups -OCH3 is 1. The lowest BCUT2D eigenvalue weighted by atomic mass is 10.1. The summed E-state index contributed by atoms with van der Waals surface area (Å²) in [5.74, 6) is 4.98. The molecule has 2 heterocycles. The molecule has 0 saturated carbocycles. The zero-order valence-electron chi connectivity index (χ0n) is 20.0. The standard InChI is InChI=1S/C25H32N6O2.HI/c1-4-23-29-24-15-12-19(17-31(24)30-23)28-25(26-5-2)27-16-18-10-13-20(14-11-18)33-22-9-7-6-8-21(22)32-3;/h6-11,13-14,19H,4-5,12,15-17H2,1-3H3,(H2,26,27,28);1H. The van der Waals surface area contributed by atoms with E-state index in [9.17, 15) is 0 Å². The van der Waals surface area contributed by atoms with Crippen molar-refractivity contribution in [2.24, 2.45) is 4.99 Å². The van der Waals surface area contributed by atoms with Gasteiger partial charge in [-0.2, -0.15) is 5.10 Å². The molecule has 1 unspecified atom stereocenters. The summed E-state index contributed by atoms with van der Waals surface area (Å²) in [4.78, 5) is 9.38. The maximum atomic E-state index is 5.96. The van der Waals surface area contributed by atoms with Gasteiger partial charge in [-0.25, -0.2) is 14.7 Å². The fourth-order valence-corrected chi connectivity index (χ4v) is 3.80. The van der Waals surface area contributed by atoms with Crippen LogP contribution in [0.25, 0.3) is 0 Å². The van der Waals surface area contributed by atoms with Crippen molar-refractivity contribution < 1.29 is 9.47 Å². The molecule has 0 aliphatic carbocycles. The summed E-state index contributed by atoms with van der Waals surface area (Å²) in [5.41, 5.74) is 1.11. The van der Waals surface area contributed by atoms with E-state index in [4.69, 9.17) is 14.5 Å². The zero-order chi connectivity index (χ0) is 23.0. The molecule has 0 radical (unpaired) electrons. The number of hydrogen-bond acceptors (Lipinski definition) is 5. The first-order valence-corrected chi connectivity index (χ1v) is 11.6. The van der Waals surface area contributed by atoms with Crippen LogP contribution in [-0.4, -0.2) is 40.4 Å². The normalized spacial score (nSPS) is 15.1. The third-order valence-corrected chi connectivity index (χ3v) is 5.54. The molecule has 3 aromatic rings. The van der Waals surface area contributed by atoms with Crippen LogP contribution in [-0.2, 0) is 25.9 Å². The number of nitrogens with one attached hydrogen (secondary N) is 2. The molecule has 1 aliphatic heterocycles. The summed E-state index contributed by atoms with van der Waals surface area (Å²) in [6.45, 7) is 6.35. The second kappa shape index (κ2) is 12.6. The SMILES string of the molecule is CCNC(=NCc1ccc(Oc2ccccc2OC)cc1)NC1CCc2nc(CC)nn2C1.I. The Bertz CT molecular complexity index is 1080. The number of ether oxygens (including phenoxy) is 2. The summed E-state index contributed by atoms with van der Waals surface area (Å²) in [6.07, 6.45) is 2.81. The van der Waals surface area contributed by atoms with E-state index in [0.29, 0.717) is 18.0 Å². The summed E-state index contributed by atoms with van der Waals surface area (Å²) in [7, 11) is 1.64. The van der Waals surface area contributed by atoms with E-state index < -0.39 is 0 Å². The Balaban J connectivity index is 0.00000324. The van der Waals surface area contributed by atoms with Crippen LogP contribution in [0.5, 0.6) is 17.2 Å². The summed E-state index contributed by atoms with van der Waals surface area (Å²) in [5, 5.41) is 11.5. The van der Waals surface area contributed by atoms with Crippen molar-refractivity contribution in [3.63, 3.8) is 0 Å². The molecular weight excluding hydrogens is 543 g/mol. The summed E-state index contributed by atoms with van der Waals surface area (Å²) >= 11 is 0. The van der Waals surface area contributed by atoms with E-state index >= 15 is 0 Å². The van der Waals surface area contributed by atoms with Gasteiger partial charge in [-0.1, -0.05) is 31.2 Å². The highest BCUT2D eigenvalue weighted by Gasteiger charge is 2.22. The van der Waals surface area contributed by atoms with Gasteiger partial charge in [-0.15, -0.1) is 24.0 Å². The number of aryl methyl sites for hydroxylation is 2. The van der Waals surface area contributed by atoms with Crippen molar-refractivity contribution in [2.75, 3.05) is 13.7 Å². The second-order valence-corrected chi connectivity index (χ2v) is 7.95. The zero-order valence-corrected chi connectivity index (χ0v) is 22.3. The minimum atomic E-state index is 0. The molecule has 1 atom stereocenters. The van der Waals surface area contributed by atoms with Gasteiger partial charge in [0.1, 0.15) is 11.6 Å². The minimum absolute atomic E-state index is 0. The van der Waals surface area contributed by atoms with E-state index in [1.807, 2.05) is 53.2 Å². The quantitative estimate of drug-likeness (QED) is 0.236. The van der Waals surface area contributed by atoms with Crippen molar-refractivity contribution in [2.45, 2.75) is 52.2 Å². The average molecular weight is 576 g/mol. The number of fused-ring (bicyclic) bond motifs is 1. The van der Waals surface area contributed by atoms with E-state index in [1.165, 1.54) is 0 Å². The van der Waals surface area contributed by atoms with Crippen LogP contribution in [0, 0.1) is 0 Å². The van der Waals surface area contributed by atoms with Crippen molar-refractivity contribution >= 4 is 29.9 Å². The van der Waals surface area contributed by atoms with Crippen molar-refractivity contribution in [1.29, 1.82) is 0 Å². The third-order valence-electron chi connectivity index (χ3n) is 5.54. The third kappa shape index (κ3) is 6.62. The Morgan fingerprint density at radius 2 is 1.88 bits per heavy atom. The number of aliphatic imine (C=N–C) groups is 1. The first kappa shape index (κ1) is 25.8. The number of para-hydroxylation sites is 2. The van der Waals surface area contributed by atoms with Gasteiger partial charge in [-0.3, -0.25) is 0 Å². The topological polar surface area (TPSA) is 85.6 Å². The summed E-state index contributed by atoms with van der Waals surface area (Å²) < 4.78 is 13.3. The fraction of sp³-hybridized carbons (Fsp3) is 0.400. The van der Waals surface area contributed by atoms with Gasteiger partial charge in [0.05, 0.1) is 20.2 Å². The molecule has 0 bridgehead atoms. The molecule has 0 spiro atoms. The monoisotopic (exact) mass is 576 g/mol. The van der Waals surface area contributed by atoms with Crippen LogP contribution < -0.4 is 20.1 Å². The maximum Gasteiger partial charge on any atom is 0.191 e. The molecule has 9 heteroatoms.